The smallest absolute Gasteiger partial charge is 0.174 e. The van der Waals surface area contributed by atoms with E-state index in [0.717, 1.165) is 11.4 Å². The fourth-order valence-corrected chi connectivity index (χ4v) is 1.98. The molecule has 1 heterocycles. The zero-order valence-electron chi connectivity index (χ0n) is 14.3. The molecule has 0 aliphatic carbocycles. The fraction of sp³-hybridized carbons (Fsp3) is 0.667. The van der Waals surface area contributed by atoms with E-state index in [1.807, 2.05) is 36.3 Å². The summed E-state index contributed by atoms with van der Waals surface area (Å²) in [6.45, 7) is 1.22. The number of aromatic nitrogens is 1. The minimum absolute atomic E-state index is 0.280. The van der Waals surface area contributed by atoms with Gasteiger partial charge >= 0.3 is 0 Å². The lowest BCUT2D eigenvalue weighted by atomic mass is 10.3. The molecule has 0 N–H and O–H groups in total. The van der Waals surface area contributed by atoms with Gasteiger partial charge in [0, 0.05) is 42.5 Å². The number of ether oxygens (including phenoxy) is 4. The minimum Gasteiger partial charge on any atom is -0.368 e. The zero-order chi connectivity index (χ0) is 16.5. The van der Waals surface area contributed by atoms with Crippen molar-refractivity contribution in [1.82, 2.24) is 4.98 Å². The van der Waals surface area contributed by atoms with Gasteiger partial charge in [-0.05, 0) is 6.07 Å². The molecular weight excluding hydrogens is 286 g/mol. The molecule has 1 aromatic heterocycles. The molecule has 0 spiro atoms. The van der Waals surface area contributed by atoms with Gasteiger partial charge in [-0.2, -0.15) is 0 Å². The molecule has 0 unspecified atom stereocenters. The van der Waals surface area contributed by atoms with Crippen molar-refractivity contribution >= 4 is 11.4 Å². The molecule has 126 valence electrons. The number of rotatable bonds is 10. The van der Waals surface area contributed by atoms with Crippen LogP contribution in [0.3, 0.4) is 0 Å². The first-order chi connectivity index (χ1) is 10.5. The topological polar surface area (TPSA) is 56.3 Å². The number of nitrogens with zero attached hydrogens (tertiary/aromatic N) is 3. The maximum absolute atomic E-state index is 5.22. The van der Waals surface area contributed by atoms with Crippen LogP contribution in [0.2, 0.25) is 0 Å². The van der Waals surface area contributed by atoms with Crippen molar-refractivity contribution in [2.75, 3.05) is 65.4 Å². The molecule has 0 saturated carbocycles. The molecule has 0 amide bonds. The van der Waals surface area contributed by atoms with Gasteiger partial charge in [0.25, 0.3) is 0 Å². The van der Waals surface area contributed by atoms with Crippen molar-refractivity contribution < 1.29 is 18.9 Å². The largest absolute Gasteiger partial charge is 0.368 e. The Morgan fingerprint density at radius 2 is 1.18 bits per heavy atom. The molecule has 0 fully saturated rings. The number of anilines is 2. The SMILES string of the molecule is COC(CN(C)c1cncc(N(C)CC(OC)OC)c1)OC. The highest BCUT2D eigenvalue weighted by atomic mass is 16.7. The van der Waals surface area contributed by atoms with E-state index in [-0.39, 0.29) is 12.6 Å². The van der Waals surface area contributed by atoms with Crippen molar-refractivity contribution in [1.29, 1.82) is 0 Å². The number of hydrogen-bond acceptors (Lipinski definition) is 7. The van der Waals surface area contributed by atoms with E-state index in [2.05, 4.69) is 11.1 Å². The van der Waals surface area contributed by atoms with Gasteiger partial charge in [0.05, 0.1) is 36.9 Å². The van der Waals surface area contributed by atoms with Gasteiger partial charge in [-0.1, -0.05) is 0 Å². The average Bonchev–Trinajstić information content (AvgIpc) is 2.57. The van der Waals surface area contributed by atoms with Crippen LogP contribution in [0, 0.1) is 0 Å². The third-order valence-corrected chi connectivity index (χ3v) is 3.49. The lowest BCUT2D eigenvalue weighted by molar-refractivity contribution is -0.0944. The van der Waals surface area contributed by atoms with Crippen LogP contribution in [-0.4, -0.2) is 73.2 Å². The number of likely N-dealkylation sites (N-methyl/N-ethyl adjacent to an activating group) is 2. The van der Waals surface area contributed by atoms with Crippen LogP contribution >= 0.6 is 0 Å². The Hall–Kier alpha value is -1.41. The first-order valence-corrected chi connectivity index (χ1v) is 7.04. The third-order valence-electron chi connectivity index (χ3n) is 3.49. The molecule has 0 radical (unpaired) electrons. The molecule has 0 aliphatic heterocycles. The highest BCUT2D eigenvalue weighted by molar-refractivity contribution is 5.56. The number of pyridine rings is 1. The summed E-state index contributed by atoms with van der Waals surface area (Å²) in [4.78, 5) is 8.37. The second kappa shape index (κ2) is 9.58. The Labute approximate surface area is 132 Å². The summed E-state index contributed by atoms with van der Waals surface area (Å²) in [6, 6.07) is 2.05. The maximum atomic E-state index is 5.22. The van der Waals surface area contributed by atoms with Crippen LogP contribution in [-0.2, 0) is 18.9 Å². The molecule has 0 aromatic carbocycles. The van der Waals surface area contributed by atoms with Crippen LogP contribution < -0.4 is 9.80 Å². The number of methoxy groups -OCH3 is 4. The summed E-state index contributed by atoms with van der Waals surface area (Å²) in [6.07, 6.45) is 3.06. The molecule has 7 heteroatoms. The Bertz CT molecular complexity index is 390. The minimum atomic E-state index is -0.280. The van der Waals surface area contributed by atoms with Crippen LogP contribution in [0.25, 0.3) is 0 Å². The molecule has 0 saturated heterocycles. The highest BCUT2D eigenvalue weighted by Crippen LogP contribution is 2.20. The summed E-state index contributed by atoms with van der Waals surface area (Å²) >= 11 is 0. The predicted molar refractivity (Wildman–Crippen MR) is 86.4 cm³/mol. The number of hydrogen-bond donors (Lipinski definition) is 0. The summed E-state index contributed by atoms with van der Waals surface area (Å²) in [5.74, 6) is 0. The van der Waals surface area contributed by atoms with Gasteiger partial charge in [0.1, 0.15) is 0 Å². The quantitative estimate of drug-likeness (QED) is 0.601. The summed E-state index contributed by atoms with van der Waals surface area (Å²) in [5, 5.41) is 0. The molecule has 1 aromatic rings. The summed E-state index contributed by atoms with van der Waals surface area (Å²) in [5.41, 5.74) is 1.96. The second-order valence-electron chi connectivity index (χ2n) is 4.96. The standard InChI is InChI=1S/C15H27N3O4/c1-17(10-14(19-3)20-4)12-7-13(9-16-8-12)18(2)11-15(21-5)22-6/h7-9,14-15H,10-11H2,1-6H3. The van der Waals surface area contributed by atoms with E-state index in [9.17, 15) is 0 Å². The molecule has 0 atom stereocenters. The van der Waals surface area contributed by atoms with Gasteiger partial charge in [-0.25, -0.2) is 0 Å². The van der Waals surface area contributed by atoms with E-state index in [1.54, 1.807) is 28.4 Å². The van der Waals surface area contributed by atoms with E-state index in [0.29, 0.717) is 13.1 Å². The maximum Gasteiger partial charge on any atom is 0.174 e. The first kappa shape index (κ1) is 18.6. The van der Waals surface area contributed by atoms with Gasteiger partial charge in [-0.15, -0.1) is 0 Å². The van der Waals surface area contributed by atoms with Gasteiger partial charge in [0.15, 0.2) is 12.6 Å². The molecule has 7 nitrogen and oxygen atoms in total. The van der Waals surface area contributed by atoms with Crippen molar-refractivity contribution in [2.45, 2.75) is 12.6 Å². The molecule has 0 aliphatic rings. The van der Waals surface area contributed by atoms with Crippen molar-refractivity contribution in [3.63, 3.8) is 0 Å². The Balaban J connectivity index is 2.76. The first-order valence-electron chi connectivity index (χ1n) is 7.04. The van der Waals surface area contributed by atoms with Gasteiger partial charge in [-0.3, -0.25) is 4.98 Å². The van der Waals surface area contributed by atoms with E-state index >= 15 is 0 Å². The van der Waals surface area contributed by atoms with Crippen molar-refractivity contribution in [3.05, 3.63) is 18.5 Å². The Morgan fingerprint density at radius 3 is 1.50 bits per heavy atom. The Morgan fingerprint density at radius 1 is 0.818 bits per heavy atom. The van der Waals surface area contributed by atoms with E-state index in [4.69, 9.17) is 18.9 Å². The van der Waals surface area contributed by atoms with E-state index < -0.39 is 0 Å². The monoisotopic (exact) mass is 313 g/mol. The highest BCUT2D eigenvalue weighted by Gasteiger charge is 2.13. The molecular formula is C15H27N3O4. The van der Waals surface area contributed by atoms with Crippen LogP contribution in [0.1, 0.15) is 0 Å². The molecule has 0 bridgehead atoms. The third kappa shape index (κ3) is 5.42. The fourth-order valence-electron chi connectivity index (χ4n) is 1.98. The van der Waals surface area contributed by atoms with E-state index in [1.165, 1.54) is 0 Å². The second-order valence-corrected chi connectivity index (χ2v) is 4.96. The van der Waals surface area contributed by atoms with Crippen LogP contribution in [0.5, 0.6) is 0 Å². The Kier molecular flexibility index (Phi) is 8.11. The zero-order valence-corrected chi connectivity index (χ0v) is 14.3. The summed E-state index contributed by atoms with van der Waals surface area (Å²) in [7, 11) is 10.4. The van der Waals surface area contributed by atoms with Gasteiger partial charge < -0.3 is 28.7 Å². The normalized spacial score (nSPS) is 11.3. The van der Waals surface area contributed by atoms with Crippen molar-refractivity contribution in [3.8, 4) is 0 Å². The van der Waals surface area contributed by atoms with Crippen LogP contribution in [0.4, 0.5) is 11.4 Å². The molecule has 1 rings (SSSR count). The molecule has 22 heavy (non-hydrogen) atoms. The van der Waals surface area contributed by atoms with Gasteiger partial charge in [0.2, 0.25) is 0 Å². The predicted octanol–water partition coefficient (Wildman–Crippen LogP) is 1.19. The average molecular weight is 313 g/mol. The van der Waals surface area contributed by atoms with Crippen LogP contribution in [0.15, 0.2) is 18.5 Å². The van der Waals surface area contributed by atoms with Crippen molar-refractivity contribution in [2.24, 2.45) is 0 Å². The summed E-state index contributed by atoms with van der Waals surface area (Å²) < 4.78 is 20.9. The lowest BCUT2D eigenvalue weighted by Gasteiger charge is -2.27. The lowest BCUT2D eigenvalue weighted by Crippen LogP contribution is -2.33.